The fourth-order valence-electron chi connectivity index (χ4n) is 5.43. The molecule has 0 spiro atoms. The minimum atomic E-state index is -0.625. The van der Waals surface area contributed by atoms with Crippen molar-refractivity contribution < 1.29 is 28.1 Å². The van der Waals surface area contributed by atoms with Crippen LogP contribution < -0.4 is 29.2 Å². The Morgan fingerprint density at radius 3 is 2.49 bits per heavy atom. The highest BCUT2D eigenvalue weighted by molar-refractivity contribution is 5.91. The summed E-state index contributed by atoms with van der Waals surface area (Å²) in [6, 6.07) is 16.7. The third kappa shape index (κ3) is 7.04. The number of carbonyl (C=O) groups excluding carboxylic acids is 1. The normalized spacial score (nSPS) is 14.6. The van der Waals surface area contributed by atoms with E-state index >= 15 is 4.39 Å². The molecule has 2 aliphatic rings. The molecule has 1 aromatic heterocycles. The fourth-order valence-corrected chi connectivity index (χ4v) is 5.43. The second kappa shape index (κ2) is 13.7. The highest BCUT2D eigenvalue weighted by atomic mass is 19.1. The molecule has 11 heteroatoms. The van der Waals surface area contributed by atoms with Crippen LogP contribution in [0.5, 0.6) is 28.7 Å². The Morgan fingerprint density at radius 1 is 0.911 bits per heavy atom. The number of ether oxygens (including phenoxy) is 4. The van der Waals surface area contributed by atoms with Gasteiger partial charge in [0.05, 0.1) is 26.3 Å². The maximum atomic E-state index is 15.2. The number of nitrogens with one attached hydrogen (secondary N) is 1. The highest BCUT2D eigenvalue weighted by Crippen LogP contribution is 2.38. The maximum Gasteiger partial charge on any atom is 0.327 e. The first-order valence-corrected chi connectivity index (χ1v) is 15.0. The first-order valence-electron chi connectivity index (χ1n) is 15.0. The van der Waals surface area contributed by atoms with E-state index in [1.807, 2.05) is 35.2 Å². The van der Waals surface area contributed by atoms with Gasteiger partial charge in [0.25, 0.3) is 0 Å². The molecule has 10 nitrogen and oxygen atoms in total. The third-order valence-electron chi connectivity index (χ3n) is 7.86. The van der Waals surface area contributed by atoms with E-state index in [0.717, 1.165) is 37.5 Å². The van der Waals surface area contributed by atoms with Crippen LogP contribution in [0, 0.1) is 5.82 Å². The van der Waals surface area contributed by atoms with Crippen molar-refractivity contribution >= 4 is 28.3 Å². The number of rotatable bonds is 11. The van der Waals surface area contributed by atoms with Crippen molar-refractivity contribution in [2.45, 2.75) is 19.3 Å². The number of methoxy groups -OCH3 is 2. The van der Waals surface area contributed by atoms with Gasteiger partial charge in [0.15, 0.2) is 23.1 Å². The van der Waals surface area contributed by atoms with Gasteiger partial charge in [-0.1, -0.05) is 0 Å². The van der Waals surface area contributed by atoms with Gasteiger partial charge in [-0.2, -0.15) is 0 Å². The molecule has 45 heavy (non-hydrogen) atoms. The van der Waals surface area contributed by atoms with Gasteiger partial charge in [-0.15, -0.1) is 0 Å². The van der Waals surface area contributed by atoms with Gasteiger partial charge >= 0.3 is 6.03 Å². The Balaban J connectivity index is 1.08. The molecule has 0 atom stereocenters. The summed E-state index contributed by atoms with van der Waals surface area (Å²) in [6.45, 7) is 4.21. The molecule has 6 rings (SSSR count). The molecule has 1 saturated heterocycles. The minimum absolute atomic E-state index is 0.00783. The average molecular weight is 614 g/mol. The van der Waals surface area contributed by atoms with Crippen LogP contribution in [0.15, 0.2) is 79.3 Å². The Hall–Kier alpha value is -5.03. The van der Waals surface area contributed by atoms with E-state index in [4.69, 9.17) is 18.9 Å². The van der Waals surface area contributed by atoms with Gasteiger partial charge in [-0.3, -0.25) is 9.88 Å². The second-order valence-electron chi connectivity index (χ2n) is 10.8. The number of fused-ring (bicyclic) bond motifs is 1. The summed E-state index contributed by atoms with van der Waals surface area (Å²) in [7, 11) is 3.19. The molecule has 0 radical (unpaired) electrons. The molecule has 3 heterocycles. The number of halogens is 1. The molecular weight excluding hydrogens is 577 g/mol. The predicted octanol–water partition coefficient (Wildman–Crippen LogP) is 6.83. The van der Waals surface area contributed by atoms with Gasteiger partial charge < -0.3 is 34.1 Å². The SMILES string of the molecule is COc1ccc(N2C=CN(C(=O)Nc3ccc(Oc4ccnc5cc(OCCCN6CCCC6)c(OC)cc45)c(F)c3)C2)cc1. The Labute approximate surface area is 261 Å². The standard InChI is InChI=1S/C34H36FN5O5/c1-42-26-9-7-25(8-10-26)39-17-18-40(23-39)34(41)37-24-6-11-31(28(35)20-24)45-30-12-13-36-29-22-33(32(43-2)21-27(29)30)44-19-5-16-38-14-3-4-15-38/h6-13,17-18,20-22H,3-5,14-16,19,23H2,1-2H3,(H,37,41). The quantitative estimate of drug-likeness (QED) is 0.184. The van der Waals surface area contributed by atoms with E-state index in [1.54, 1.807) is 51.0 Å². The number of hydrogen-bond donors (Lipinski definition) is 1. The number of benzene rings is 3. The summed E-state index contributed by atoms with van der Waals surface area (Å²) in [5.74, 6) is 1.69. The lowest BCUT2D eigenvalue weighted by Crippen LogP contribution is -2.33. The molecule has 0 saturated carbocycles. The maximum absolute atomic E-state index is 15.2. The van der Waals surface area contributed by atoms with Gasteiger partial charge in [0, 0.05) is 54.0 Å². The van der Waals surface area contributed by atoms with Crippen molar-refractivity contribution in [3.63, 3.8) is 0 Å². The number of carbonyl (C=O) groups is 1. The monoisotopic (exact) mass is 613 g/mol. The number of hydrogen-bond acceptors (Lipinski definition) is 8. The first-order chi connectivity index (χ1) is 22.0. The lowest BCUT2D eigenvalue weighted by atomic mass is 10.1. The van der Waals surface area contributed by atoms with Gasteiger partial charge in [-0.05, 0) is 80.9 Å². The first kappa shape index (κ1) is 30.0. The van der Waals surface area contributed by atoms with Gasteiger partial charge in [-0.25, -0.2) is 9.18 Å². The molecule has 2 aliphatic heterocycles. The average Bonchev–Trinajstić information content (AvgIpc) is 3.77. The van der Waals surface area contributed by atoms with Crippen LogP contribution in [0.3, 0.4) is 0 Å². The van der Waals surface area contributed by atoms with Crippen LogP contribution in [0.25, 0.3) is 10.9 Å². The summed E-state index contributed by atoms with van der Waals surface area (Å²) in [5.41, 5.74) is 1.84. The zero-order valence-electron chi connectivity index (χ0n) is 25.4. The largest absolute Gasteiger partial charge is 0.497 e. The lowest BCUT2D eigenvalue weighted by molar-refractivity contribution is 0.231. The lowest BCUT2D eigenvalue weighted by Gasteiger charge is -2.20. The Morgan fingerprint density at radius 2 is 1.73 bits per heavy atom. The van der Waals surface area contributed by atoms with Crippen LogP contribution in [-0.2, 0) is 0 Å². The molecular formula is C34H36FN5O5. The van der Waals surface area contributed by atoms with E-state index in [-0.39, 0.29) is 5.75 Å². The van der Waals surface area contributed by atoms with E-state index in [1.165, 1.54) is 29.9 Å². The number of nitrogens with zero attached hydrogens (tertiary/aromatic N) is 4. The molecule has 234 valence electrons. The van der Waals surface area contributed by atoms with Crippen LogP contribution in [0.2, 0.25) is 0 Å². The van der Waals surface area contributed by atoms with Crippen molar-refractivity contribution in [3.05, 3.63) is 85.1 Å². The zero-order valence-corrected chi connectivity index (χ0v) is 25.4. The van der Waals surface area contributed by atoms with Crippen molar-refractivity contribution in [2.24, 2.45) is 0 Å². The number of amides is 2. The predicted molar refractivity (Wildman–Crippen MR) is 171 cm³/mol. The van der Waals surface area contributed by atoms with E-state index in [2.05, 4.69) is 15.2 Å². The van der Waals surface area contributed by atoms with Gasteiger partial charge in [0.1, 0.15) is 18.2 Å². The van der Waals surface area contributed by atoms with Crippen molar-refractivity contribution in [3.8, 4) is 28.7 Å². The topological polar surface area (TPSA) is 88.6 Å². The van der Waals surface area contributed by atoms with E-state index in [0.29, 0.717) is 47.1 Å². The minimum Gasteiger partial charge on any atom is -0.497 e. The van der Waals surface area contributed by atoms with Crippen LogP contribution >= 0.6 is 0 Å². The Bertz CT molecular complexity index is 1680. The van der Waals surface area contributed by atoms with Crippen molar-refractivity contribution in [2.75, 3.05) is 57.3 Å². The molecule has 0 bridgehead atoms. The molecule has 3 aromatic carbocycles. The van der Waals surface area contributed by atoms with Gasteiger partial charge in [0.2, 0.25) is 0 Å². The number of pyridine rings is 1. The molecule has 4 aromatic rings. The number of urea groups is 1. The van der Waals surface area contributed by atoms with E-state index < -0.39 is 11.8 Å². The summed E-state index contributed by atoms with van der Waals surface area (Å²) >= 11 is 0. The summed E-state index contributed by atoms with van der Waals surface area (Å²) in [6.07, 6.45) is 8.53. The fraction of sp³-hybridized carbons (Fsp3) is 0.294. The molecule has 2 amide bonds. The summed E-state index contributed by atoms with van der Waals surface area (Å²) in [4.78, 5) is 23.2. The number of aromatic nitrogens is 1. The number of likely N-dealkylation sites (tertiary alicyclic amines) is 1. The van der Waals surface area contributed by atoms with E-state index in [9.17, 15) is 4.79 Å². The zero-order chi connectivity index (χ0) is 31.2. The van der Waals surface area contributed by atoms with Crippen molar-refractivity contribution in [1.82, 2.24) is 14.8 Å². The summed E-state index contributed by atoms with van der Waals surface area (Å²) < 4.78 is 38.1. The molecule has 1 fully saturated rings. The second-order valence-corrected chi connectivity index (χ2v) is 10.8. The molecule has 1 N–H and O–H groups in total. The van der Waals surface area contributed by atoms with Crippen LogP contribution in [0.4, 0.5) is 20.6 Å². The van der Waals surface area contributed by atoms with Crippen LogP contribution in [-0.4, -0.2) is 67.9 Å². The molecule has 0 unspecified atom stereocenters. The molecule has 0 aliphatic carbocycles. The third-order valence-corrected chi connectivity index (χ3v) is 7.86. The Kier molecular flexibility index (Phi) is 9.16. The smallest absolute Gasteiger partial charge is 0.327 e. The summed E-state index contributed by atoms with van der Waals surface area (Å²) in [5, 5.41) is 3.39. The highest BCUT2D eigenvalue weighted by Gasteiger charge is 2.21. The van der Waals surface area contributed by atoms with Crippen LogP contribution in [0.1, 0.15) is 19.3 Å². The number of anilines is 2. The van der Waals surface area contributed by atoms with Crippen molar-refractivity contribution in [1.29, 1.82) is 0 Å².